The Morgan fingerprint density at radius 2 is 1.84 bits per heavy atom. The average molecular weight is 454 g/mol. The fraction of sp³-hybridized carbons (Fsp3) is 0.375. The maximum absolute atomic E-state index is 13.5. The Bertz CT molecular complexity index is 1090. The highest BCUT2D eigenvalue weighted by molar-refractivity contribution is 7.22. The van der Waals surface area contributed by atoms with Crippen LogP contribution in [0.5, 0.6) is 5.75 Å². The number of amides is 1. The molecule has 1 fully saturated rings. The number of carbonyl (C=O) groups is 2. The second-order valence-electron chi connectivity index (χ2n) is 7.60. The molecule has 2 aromatic carbocycles. The van der Waals surface area contributed by atoms with E-state index in [1.165, 1.54) is 18.3 Å². The fourth-order valence-electron chi connectivity index (χ4n) is 3.62. The van der Waals surface area contributed by atoms with Gasteiger partial charge >= 0.3 is 0 Å². The number of hydrogen-bond acceptors (Lipinski definition) is 7. The van der Waals surface area contributed by atoms with Crippen molar-refractivity contribution in [2.75, 3.05) is 50.9 Å². The molecule has 1 amide bonds. The van der Waals surface area contributed by atoms with Crippen molar-refractivity contribution < 1.29 is 19.1 Å². The van der Waals surface area contributed by atoms with Crippen molar-refractivity contribution >= 4 is 38.4 Å². The van der Waals surface area contributed by atoms with Crippen LogP contribution in [0.4, 0.5) is 5.13 Å². The summed E-state index contributed by atoms with van der Waals surface area (Å²) in [5, 5.41) is 0.655. The Labute approximate surface area is 191 Å². The molecule has 0 aliphatic carbocycles. The standard InChI is InChI=1S/C24H27N3O4S/c1-3-31-20-8-9-21-22(16-20)32-24(25-21)27(11-10-26-12-14-30-15-13-26)23(29)19-6-4-18(5-7-19)17(2)28/h4-9,16H,3,10-15H2,1-2H3. The van der Waals surface area contributed by atoms with Crippen LogP contribution in [0.3, 0.4) is 0 Å². The van der Waals surface area contributed by atoms with Crippen LogP contribution < -0.4 is 9.64 Å². The molecule has 7 nitrogen and oxygen atoms in total. The predicted molar refractivity (Wildman–Crippen MR) is 126 cm³/mol. The number of nitrogens with zero attached hydrogens (tertiary/aromatic N) is 3. The molecule has 1 aliphatic heterocycles. The van der Waals surface area contributed by atoms with E-state index in [1.54, 1.807) is 29.2 Å². The third kappa shape index (κ3) is 5.15. The monoisotopic (exact) mass is 453 g/mol. The van der Waals surface area contributed by atoms with E-state index in [4.69, 9.17) is 14.5 Å². The largest absolute Gasteiger partial charge is 0.494 e. The minimum atomic E-state index is -0.127. The van der Waals surface area contributed by atoms with Crippen molar-refractivity contribution in [3.63, 3.8) is 0 Å². The van der Waals surface area contributed by atoms with Gasteiger partial charge in [-0.3, -0.25) is 19.4 Å². The highest BCUT2D eigenvalue weighted by Gasteiger charge is 2.23. The van der Waals surface area contributed by atoms with E-state index in [0.29, 0.717) is 42.6 Å². The second-order valence-corrected chi connectivity index (χ2v) is 8.61. The summed E-state index contributed by atoms with van der Waals surface area (Å²) >= 11 is 1.48. The zero-order valence-electron chi connectivity index (χ0n) is 18.4. The fourth-order valence-corrected chi connectivity index (χ4v) is 4.64. The lowest BCUT2D eigenvalue weighted by Gasteiger charge is -2.29. The maximum atomic E-state index is 13.5. The summed E-state index contributed by atoms with van der Waals surface area (Å²) in [6.45, 7) is 8.45. The molecule has 168 valence electrons. The van der Waals surface area contributed by atoms with Crippen molar-refractivity contribution in [2.45, 2.75) is 13.8 Å². The van der Waals surface area contributed by atoms with Crippen molar-refractivity contribution in [1.82, 2.24) is 9.88 Å². The van der Waals surface area contributed by atoms with E-state index in [0.717, 1.165) is 35.6 Å². The smallest absolute Gasteiger partial charge is 0.260 e. The first-order valence-corrected chi connectivity index (χ1v) is 11.6. The van der Waals surface area contributed by atoms with Gasteiger partial charge in [0, 0.05) is 37.3 Å². The number of morpholine rings is 1. The van der Waals surface area contributed by atoms with Crippen LogP contribution in [-0.4, -0.2) is 67.6 Å². The second kappa shape index (κ2) is 10.2. The SMILES string of the molecule is CCOc1ccc2nc(N(CCN3CCOCC3)C(=O)c3ccc(C(C)=O)cc3)sc2c1. The van der Waals surface area contributed by atoms with Crippen molar-refractivity contribution in [3.05, 3.63) is 53.6 Å². The summed E-state index contributed by atoms with van der Waals surface area (Å²) in [7, 11) is 0. The van der Waals surface area contributed by atoms with Crippen molar-refractivity contribution in [2.24, 2.45) is 0 Å². The van der Waals surface area contributed by atoms with Gasteiger partial charge in [-0.15, -0.1) is 0 Å². The minimum absolute atomic E-state index is 0.0237. The van der Waals surface area contributed by atoms with Crippen LogP contribution >= 0.6 is 11.3 Å². The van der Waals surface area contributed by atoms with Crippen LogP contribution in [0.2, 0.25) is 0 Å². The molecule has 8 heteroatoms. The van der Waals surface area contributed by atoms with E-state index >= 15 is 0 Å². The maximum Gasteiger partial charge on any atom is 0.260 e. The summed E-state index contributed by atoms with van der Waals surface area (Å²) in [5.41, 5.74) is 1.96. The summed E-state index contributed by atoms with van der Waals surface area (Å²) < 4.78 is 12.0. The third-order valence-electron chi connectivity index (χ3n) is 5.42. The molecular weight excluding hydrogens is 426 g/mol. The molecule has 1 aromatic heterocycles. The highest BCUT2D eigenvalue weighted by Crippen LogP contribution is 2.32. The van der Waals surface area contributed by atoms with Crippen LogP contribution in [0.25, 0.3) is 10.2 Å². The molecule has 4 rings (SSSR count). The molecule has 1 saturated heterocycles. The Morgan fingerprint density at radius 1 is 1.12 bits per heavy atom. The van der Waals surface area contributed by atoms with Crippen molar-refractivity contribution in [3.8, 4) is 5.75 Å². The number of thiazole rings is 1. The van der Waals surface area contributed by atoms with E-state index in [-0.39, 0.29) is 11.7 Å². The molecule has 1 aliphatic rings. The zero-order chi connectivity index (χ0) is 22.5. The number of benzene rings is 2. The zero-order valence-corrected chi connectivity index (χ0v) is 19.2. The van der Waals surface area contributed by atoms with Gasteiger partial charge in [-0.05, 0) is 44.2 Å². The molecule has 0 saturated carbocycles. The van der Waals surface area contributed by atoms with Crippen LogP contribution in [0.15, 0.2) is 42.5 Å². The number of ether oxygens (including phenoxy) is 2. The molecule has 2 heterocycles. The van der Waals surface area contributed by atoms with E-state index in [2.05, 4.69) is 4.90 Å². The Kier molecular flexibility index (Phi) is 7.14. The van der Waals surface area contributed by atoms with Crippen LogP contribution in [0.1, 0.15) is 34.6 Å². The number of anilines is 1. The molecule has 0 unspecified atom stereocenters. The Hall–Kier alpha value is -2.81. The third-order valence-corrected chi connectivity index (χ3v) is 6.46. The first-order valence-electron chi connectivity index (χ1n) is 10.8. The Morgan fingerprint density at radius 3 is 2.53 bits per heavy atom. The van der Waals surface area contributed by atoms with Gasteiger partial charge in [-0.2, -0.15) is 0 Å². The number of aromatic nitrogens is 1. The number of fused-ring (bicyclic) bond motifs is 1. The van der Waals surface area contributed by atoms with Crippen LogP contribution in [-0.2, 0) is 4.74 Å². The summed E-state index contributed by atoms with van der Waals surface area (Å²) in [4.78, 5) is 33.9. The summed E-state index contributed by atoms with van der Waals surface area (Å²) in [6.07, 6.45) is 0. The van der Waals surface area contributed by atoms with E-state index in [9.17, 15) is 9.59 Å². The number of ketones is 1. The Balaban J connectivity index is 1.62. The topological polar surface area (TPSA) is 72.0 Å². The van der Waals surface area contributed by atoms with Gasteiger partial charge in [0.2, 0.25) is 0 Å². The van der Waals surface area contributed by atoms with Crippen molar-refractivity contribution in [1.29, 1.82) is 0 Å². The number of rotatable bonds is 8. The van der Waals surface area contributed by atoms with Gasteiger partial charge < -0.3 is 9.47 Å². The van der Waals surface area contributed by atoms with E-state index < -0.39 is 0 Å². The lowest BCUT2D eigenvalue weighted by molar-refractivity contribution is 0.0391. The first-order chi connectivity index (χ1) is 15.5. The lowest BCUT2D eigenvalue weighted by atomic mass is 10.1. The summed E-state index contributed by atoms with van der Waals surface area (Å²) in [6, 6.07) is 12.6. The molecule has 0 N–H and O–H groups in total. The van der Waals surface area contributed by atoms with Crippen LogP contribution in [0, 0.1) is 0 Å². The molecule has 0 spiro atoms. The van der Waals surface area contributed by atoms with Gasteiger partial charge in [0.25, 0.3) is 5.91 Å². The normalized spacial score (nSPS) is 14.4. The summed E-state index contributed by atoms with van der Waals surface area (Å²) in [5.74, 6) is 0.642. The van der Waals surface area contributed by atoms with Gasteiger partial charge in [-0.25, -0.2) is 4.98 Å². The van der Waals surface area contributed by atoms with Gasteiger partial charge in [-0.1, -0.05) is 23.5 Å². The quantitative estimate of drug-likeness (QED) is 0.482. The molecular formula is C24H27N3O4S. The predicted octanol–water partition coefficient (Wildman–Crippen LogP) is 3.88. The van der Waals surface area contributed by atoms with Gasteiger partial charge in [0.15, 0.2) is 10.9 Å². The molecule has 0 bridgehead atoms. The molecule has 0 radical (unpaired) electrons. The molecule has 3 aromatic rings. The average Bonchev–Trinajstić information content (AvgIpc) is 3.23. The first kappa shape index (κ1) is 22.4. The van der Waals surface area contributed by atoms with Gasteiger partial charge in [0.1, 0.15) is 5.75 Å². The van der Waals surface area contributed by atoms with E-state index in [1.807, 2.05) is 25.1 Å². The lowest BCUT2D eigenvalue weighted by Crippen LogP contribution is -2.43. The minimum Gasteiger partial charge on any atom is -0.494 e. The molecule has 0 atom stereocenters. The molecule has 32 heavy (non-hydrogen) atoms. The number of Topliss-reactive ketones (excluding diaryl/α,β-unsaturated/α-hetero) is 1. The number of hydrogen-bond donors (Lipinski definition) is 0. The number of carbonyl (C=O) groups excluding carboxylic acids is 2. The van der Waals surface area contributed by atoms with Gasteiger partial charge in [0.05, 0.1) is 30.0 Å². The highest BCUT2D eigenvalue weighted by atomic mass is 32.1.